The van der Waals surface area contributed by atoms with E-state index in [1.165, 1.54) is 41.3 Å². The minimum atomic E-state index is -3.14. The molecule has 0 fully saturated rings. The summed E-state index contributed by atoms with van der Waals surface area (Å²) >= 11 is 0. The highest BCUT2D eigenvalue weighted by atomic mass is 32.2. The van der Waals surface area contributed by atoms with Crippen LogP contribution in [0.4, 0.5) is 10.1 Å². The average molecular weight is 752 g/mol. The average Bonchev–Trinajstić information content (AvgIpc) is 3.64. The molecule has 7 rings (SSSR count). The van der Waals surface area contributed by atoms with Crippen LogP contribution in [0.15, 0.2) is 97.1 Å². The zero-order valence-corrected chi connectivity index (χ0v) is 33.3. The Morgan fingerprint density at radius 1 is 0.611 bits per heavy atom. The van der Waals surface area contributed by atoms with Gasteiger partial charge in [-0.05, 0) is 125 Å². The van der Waals surface area contributed by atoms with Crippen LogP contribution in [0.1, 0.15) is 88.1 Å². The number of sulfonamides is 1. The third-order valence-corrected chi connectivity index (χ3v) is 8.99. The van der Waals surface area contributed by atoms with Gasteiger partial charge in [-0.1, -0.05) is 77.4 Å². The van der Waals surface area contributed by atoms with Gasteiger partial charge in [-0.3, -0.25) is 19.1 Å². The highest BCUT2D eigenvalue weighted by Gasteiger charge is 2.18. The summed E-state index contributed by atoms with van der Waals surface area (Å²) in [5.41, 5.74) is 13.0. The Kier molecular flexibility index (Phi) is 15.4. The quantitative estimate of drug-likeness (QED) is 0.159. The van der Waals surface area contributed by atoms with Crippen molar-refractivity contribution in [3.63, 3.8) is 0 Å². The molecule has 0 aromatic heterocycles. The Hall–Kier alpha value is -5.61. The molecule has 8 nitrogen and oxygen atoms in total. The highest BCUT2D eigenvalue weighted by Crippen LogP contribution is 2.17. The van der Waals surface area contributed by atoms with Crippen molar-refractivity contribution in [3.05, 3.63) is 170 Å². The second-order valence-electron chi connectivity index (χ2n) is 13.6. The predicted molar refractivity (Wildman–Crippen MR) is 216 cm³/mol. The minimum Gasteiger partial charge on any atom is -0.348 e. The van der Waals surface area contributed by atoms with Crippen molar-refractivity contribution in [2.45, 2.75) is 68.5 Å². The largest absolute Gasteiger partial charge is 0.348 e. The van der Waals surface area contributed by atoms with Gasteiger partial charge < -0.3 is 10.6 Å². The molecule has 2 aliphatic heterocycles. The Bertz CT molecular complexity index is 2240. The number of ketones is 1. The number of rotatable bonds is 3. The van der Waals surface area contributed by atoms with Gasteiger partial charge in [0.05, 0.1) is 11.8 Å². The number of hydrogen-bond donors (Lipinski definition) is 3. The topological polar surface area (TPSA) is 121 Å². The van der Waals surface area contributed by atoms with Crippen LogP contribution in [0.3, 0.4) is 0 Å². The molecule has 2 aliphatic rings. The maximum atomic E-state index is 12.9. The Morgan fingerprint density at radius 2 is 1.15 bits per heavy atom. The van der Waals surface area contributed by atoms with E-state index in [4.69, 9.17) is 0 Å². The monoisotopic (exact) mass is 751 g/mol. The van der Waals surface area contributed by atoms with Crippen LogP contribution < -0.4 is 15.4 Å². The summed E-state index contributed by atoms with van der Waals surface area (Å²) in [6.45, 7) is 16.8. The van der Waals surface area contributed by atoms with Crippen molar-refractivity contribution >= 4 is 33.3 Å². The molecule has 0 radical (unpaired) electrons. The van der Waals surface area contributed by atoms with Crippen LogP contribution in [0.2, 0.25) is 0 Å². The van der Waals surface area contributed by atoms with Crippen LogP contribution in [0, 0.1) is 54.3 Å². The maximum Gasteiger partial charge on any atom is 0.251 e. The number of Topliss-reactive ketones (excluding diaryl/α,β-unsaturated/α-hetero) is 1. The lowest BCUT2D eigenvalue weighted by Crippen LogP contribution is -2.12. The van der Waals surface area contributed by atoms with Crippen molar-refractivity contribution in [2.24, 2.45) is 0 Å². The number of nitrogens with one attached hydrogen (secondary N) is 3. The molecule has 54 heavy (non-hydrogen) atoms. The summed E-state index contributed by atoms with van der Waals surface area (Å²) in [6.07, 6.45) is 1.13. The van der Waals surface area contributed by atoms with Crippen LogP contribution >= 0.6 is 0 Å². The standard InChI is InChI=1S/C9H9FO.2C9H9NO.C9H12.C8H11NO2S/c1-6-3-4-8(7(2)11)9(10)5-6;1-6-2-3-8-7(4-6)5-10-9(8)11;1-6-2-3-7-5-10-9(11)8(7)4-6;1-7-4-5-8(2)9(3)6-7;1-7-4-3-5-8(6-7)9-12(2,10)11/h3-5H,1-2H3;2*2-4H,5H2,1H3,(H,10,11);4-6H,1-3H3;3-6,9H,1-2H3. The van der Waals surface area contributed by atoms with Gasteiger partial charge in [0, 0.05) is 29.9 Å². The zero-order valence-electron chi connectivity index (χ0n) is 32.5. The van der Waals surface area contributed by atoms with Gasteiger partial charge in [-0.15, -0.1) is 0 Å². The van der Waals surface area contributed by atoms with E-state index >= 15 is 0 Å². The summed E-state index contributed by atoms with van der Waals surface area (Å²) in [6, 6.07) is 30.2. The third-order valence-electron chi connectivity index (χ3n) is 8.38. The predicted octanol–water partition coefficient (Wildman–Crippen LogP) is 8.79. The first kappa shape index (κ1) is 42.8. The summed E-state index contributed by atoms with van der Waals surface area (Å²) < 4.78 is 36.9. The van der Waals surface area contributed by atoms with Gasteiger partial charge in [0.1, 0.15) is 5.82 Å². The molecular weight excluding hydrogens is 702 g/mol. The van der Waals surface area contributed by atoms with E-state index < -0.39 is 15.8 Å². The lowest BCUT2D eigenvalue weighted by Gasteiger charge is -2.03. The molecule has 0 saturated heterocycles. The number of carbonyl (C=O) groups is 3. The first-order valence-electron chi connectivity index (χ1n) is 17.4. The zero-order chi connectivity index (χ0) is 40.2. The molecule has 0 aliphatic carbocycles. The van der Waals surface area contributed by atoms with E-state index in [1.807, 2.05) is 69.3 Å². The molecule has 3 N–H and O–H groups in total. The number of anilines is 1. The molecule has 5 aromatic carbocycles. The molecule has 0 atom stereocenters. The molecule has 0 bridgehead atoms. The molecule has 0 unspecified atom stereocenters. The van der Waals surface area contributed by atoms with E-state index in [-0.39, 0.29) is 23.2 Å². The first-order chi connectivity index (χ1) is 25.3. The number of amides is 2. The van der Waals surface area contributed by atoms with Crippen molar-refractivity contribution in [1.82, 2.24) is 10.6 Å². The lowest BCUT2D eigenvalue weighted by molar-refractivity contribution is 0.0957. The fourth-order valence-electron chi connectivity index (χ4n) is 5.41. The number of benzene rings is 5. The first-order valence-corrected chi connectivity index (χ1v) is 19.3. The van der Waals surface area contributed by atoms with Crippen LogP contribution in [0.5, 0.6) is 0 Å². The Labute approximate surface area is 319 Å². The van der Waals surface area contributed by atoms with Gasteiger partial charge in [0.2, 0.25) is 10.0 Å². The molecule has 0 saturated carbocycles. The molecule has 10 heteroatoms. The van der Waals surface area contributed by atoms with E-state index in [1.54, 1.807) is 25.1 Å². The number of halogens is 1. The molecule has 284 valence electrons. The number of aryl methyl sites for hydroxylation is 7. The number of carbonyl (C=O) groups excluding carboxylic acids is 3. The van der Waals surface area contributed by atoms with Crippen LogP contribution in [0.25, 0.3) is 0 Å². The smallest absolute Gasteiger partial charge is 0.251 e. The molecular formula is C44H50FN3O5S. The second kappa shape index (κ2) is 19.5. The third kappa shape index (κ3) is 13.7. The van der Waals surface area contributed by atoms with Gasteiger partial charge in [0.15, 0.2) is 5.78 Å². The van der Waals surface area contributed by atoms with Crippen molar-refractivity contribution < 1.29 is 27.2 Å². The lowest BCUT2D eigenvalue weighted by atomic mass is 10.1. The fraction of sp³-hybridized carbons (Fsp3) is 0.250. The Morgan fingerprint density at radius 3 is 1.74 bits per heavy atom. The van der Waals surface area contributed by atoms with E-state index in [9.17, 15) is 27.2 Å². The van der Waals surface area contributed by atoms with Crippen molar-refractivity contribution in [3.8, 4) is 0 Å². The van der Waals surface area contributed by atoms with Crippen molar-refractivity contribution in [1.29, 1.82) is 0 Å². The molecule has 2 heterocycles. The summed E-state index contributed by atoms with van der Waals surface area (Å²) in [7, 11) is -3.14. The normalized spacial score (nSPS) is 12.0. The number of fused-ring (bicyclic) bond motifs is 2. The van der Waals surface area contributed by atoms with Gasteiger partial charge in [0.25, 0.3) is 11.8 Å². The second-order valence-corrected chi connectivity index (χ2v) is 15.3. The maximum absolute atomic E-state index is 12.9. The molecule has 2 amide bonds. The van der Waals surface area contributed by atoms with E-state index in [0.29, 0.717) is 18.8 Å². The minimum absolute atomic E-state index is 0.0556. The van der Waals surface area contributed by atoms with Gasteiger partial charge >= 0.3 is 0 Å². The van der Waals surface area contributed by atoms with Gasteiger partial charge in [-0.25, -0.2) is 12.8 Å². The SMILES string of the molecule is CC(=O)c1ccc(C)cc1F.Cc1ccc(C)c(C)c1.Cc1ccc2c(c1)C(=O)NC2.Cc1ccc2c(c1)CNC2=O.Cc1cccc(NS(C)(=O)=O)c1. The van der Waals surface area contributed by atoms with Crippen LogP contribution in [-0.2, 0) is 23.1 Å². The highest BCUT2D eigenvalue weighted by molar-refractivity contribution is 7.92. The summed E-state index contributed by atoms with van der Waals surface area (Å²) in [5.74, 6) is -0.552. The van der Waals surface area contributed by atoms with E-state index in [2.05, 4.69) is 54.3 Å². The molecule has 5 aromatic rings. The fourth-order valence-corrected chi connectivity index (χ4v) is 5.96. The van der Waals surface area contributed by atoms with Crippen molar-refractivity contribution in [2.75, 3.05) is 11.0 Å². The van der Waals surface area contributed by atoms with Gasteiger partial charge in [-0.2, -0.15) is 0 Å². The Balaban J connectivity index is 0.000000182. The van der Waals surface area contributed by atoms with E-state index in [0.717, 1.165) is 45.2 Å². The summed E-state index contributed by atoms with van der Waals surface area (Å²) in [4.78, 5) is 32.9. The summed E-state index contributed by atoms with van der Waals surface area (Å²) in [5, 5.41) is 5.55. The van der Waals surface area contributed by atoms with Crippen LogP contribution in [-0.4, -0.2) is 32.3 Å². The molecule has 0 spiro atoms. The number of hydrogen-bond acceptors (Lipinski definition) is 5.